The summed E-state index contributed by atoms with van der Waals surface area (Å²) in [4.78, 5) is 12.6. The van der Waals surface area contributed by atoms with Crippen molar-refractivity contribution in [2.45, 2.75) is 37.6 Å². The second kappa shape index (κ2) is 8.32. The van der Waals surface area contributed by atoms with E-state index < -0.39 is 24.2 Å². The zero-order valence-electron chi connectivity index (χ0n) is 16.3. The van der Waals surface area contributed by atoms with Gasteiger partial charge in [0.1, 0.15) is 17.1 Å². The number of fused-ring (bicyclic) bond motifs is 1. The van der Waals surface area contributed by atoms with Crippen LogP contribution in [0.4, 0.5) is 19.0 Å². The summed E-state index contributed by atoms with van der Waals surface area (Å²) in [7, 11) is 2.99. The summed E-state index contributed by atoms with van der Waals surface area (Å²) < 4.78 is 52.2. The Morgan fingerprint density at radius 3 is 2.83 bits per heavy atom. The van der Waals surface area contributed by atoms with Gasteiger partial charge in [-0.25, -0.2) is 4.68 Å². The van der Waals surface area contributed by atoms with Crippen molar-refractivity contribution in [2.24, 2.45) is 0 Å². The lowest BCUT2D eigenvalue weighted by molar-refractivity contribution is -0.173. The van der Waals surface area contributed by atoms with E-state index in [9.17, 15) is 18.0 Å². The maximum absolute atomic E-state index is 13.7. The van der Waals surface area contributed by atoms with Crippen LogP contribution >= 0.6 is 0 Å². The third-order valence-corrected chi connectivity index (χ3v) is 4.77. The summed E-state index contributed by atoms with van der Waals surface area (Å²) in [5.74, 6) is 0.0577. The molecule has 2 heterocycles. The highest BCUT2D eigenvalue weighted by Gasteiger charge is 2.47. The van der Waals surface area contributed by atoms with E-state index in [1.165, 1.54) is 14.2 Å². The number of rotatable bonds is 6. The molecule has 0 saturated carbocycles. The van der Waals surface area contributed by atoms with Crippen molar-refractivity contribution in [1.29, 1.82) is 0 Å². The van der Waals surface area contributed by atoms with Crippen LogP contribution in [-0.4, -0.2) is 48.7 Å². The highest BCUT2D eigenvalue weighted by molar-refractivity contribution is 5.99. The number of alkyl halides is 3. The molecule has 2 N–H and O–H groups in total. The quantitative estimate of drug-likeness (QED) is 0.761. The van der Waals surface area contributed by atoms with Gasteiger partial charge in [-0.2, -0.15) is 18.3 Å². The van der Waals surface area contributed by atoms with Crippen LogP contribution in [0.3, 0.4) is 0 Å². The van der Waals surface area contributed by atoms with Gasteiger partial charge >= 0.3 is 6.18 Å². The van der Waals surface area contributed by atoms with Gasteiger partial charge in [0, 0.05) is 19.6 Å². The molecular weight excluding hydrogens is 389 g/mol. The van der Waals surface area contributed by atoms with Crippen molar-refractivity contribution in [3.05, 3.63) is 41.6 Å². The van der Waals surface area contributed by atoms with Gasteiger partial charge in [-0.1, -0.05) is 12.1 Å². The first-order valence-electron chi connectivity index (χ1n) is 9.09. The Morgan fingerprint density at radius 2 is 2.17 bits per heavy atom. The molecule has 0 bridgehead atoms. The van der Waals surface area contributed by atoms with Gasteiger partial charge in [0.05, 0.1) is 26.0 Å². The molecule has 0 unspecified atom stereocenters. The lowest BCUT2D eigenvalue weighted by atomic mass is 9.96. The predicted octanol–water partition coefficient (Wildman–Crippen LogP) is 3.32. The van der Waals surface area contributed by atoms with E-state index in [0.29, 0.717) is 11.3 Å². The number of anilines is 1. The van der Waals surface area contributed by atoms with Gasteiger partial charge in [-0.15, -0.1) is 0 Å². The van der Waals surface area contributed by atoms with Crippen LogP contribution in [0.2, 0.25) is 0 Å². The van der Waals surface area contributed by atoms with E-state index in [4.69, 9.17) is 9.47 Å². The smallest absolute Gasteiger partial charge is 0.410 e. The van der Waals surface area contributed by atoms with Gasteiger partial charge in [0.2, 0.25) is 0 Å². The van der Waals surface area contributed by atoms with Crippen LogP contribution in [0.1, 0.15) is 41.3 Å². The number of amides is 1. The van der Waals surface area contributed by atoms with Gasteiger partial charge in [0.25, 0.3) is 5.91 Å². The molecule has 0 aliphatic carbocycles. The summed E-state index contributed by atoms with van der Waals surface area (Å²) in [6.45, 7) is 2.02. The Kier molecular flexibility index (Phi) is 6.02. The monoisotopic (exact) mass is 412 g/mol. The molecule has 0 radical (unpaired) electrons. The Morgan fingerprint density at radius 1 is 1.41 bits per heavy atom. The summed E-state index contributed by atoms with van der Waals surface area (Å²) in [6.07, 6.45) is -3.62. The van der Waals surface area contributed by atoms with Crippen LogP contribution in [0, 0.1) is 0 Å². The first kappa shape index (κ1) is 21.0. The molecule has 0 saturated heterocycles. The van der Waals surface area contributed by atoms with Crippen molar-refractivity contribution in [2.75, 3.05) is 26.1 Å². The number of carbonyl (C=O) groups is 1. The van der Waals surface area contributed by atoms with E-state index in [-0.39, 0.29) is 30.5 Å². The van der Waals surface area contributed by atoms with Crippen LogP contribution in [0.15, 0.2) is 30.5 Å². The third kappa shape index (κ3) is 4.47. The SMILES string of the molecule is COC[C@@H](C)NC(=O)c1cnn2c1N[C@@H](c1cccc(OC)c1)C[C@H]2C(F)(F)F. The molecule has 29 heavy (non-hydrogen) atoms. The molecule has 3 rings (SSSR count). The Balaban J connectivity index is 1.96. The molecule has 158 valence electrons. The van der Waals surface area contributed by atoms with Crippen LogP contribution in [0.5, 0.6) is 5.75 Å². The van der Waals surface area contributed by atoms with Crippen molar-refractivity contribution >= 4 is 11.7 Å². The number of hydrogen-bond acceptors (Lipinski definition) is 5. The Bertz CT molecular complexity index is 869. The average molecular weight is 412 g/mol. The molecule has 3 atom stereocenters. The highest BCUT2D eigenvalue weighted by Crippen LogP contribution is 2.44. The number of carbonyl (C=O) groups excluding carboxylic acids is 1. The number of ether oxygens (including phenoxy) is 2. The average Bonchev–Trinajstić information content (AvgIpc) is 3.10. The summed E-state index contributed by atoms with van der Waals surface area (Å²) in [5, 5.41) is 9.61. The highest BCUT2D eigenvalue weighted by atomic mass is 19.4. The number of nitrogens with zero attached hydrogens (tertiary/aromatic N) is 2. The topological polar surface area (TPSA) is 77.4 Å². The maximum atomic E-state index is 13.7. The van der Waals surface area contributed by atoms with E-state index in [1.807, 2.05) is 0 Å². The molecule has 0 fully saturated rings. The standard InChI is InChI=1S/C19H23F3N4O3/c1-11(10-28-2)24-18(27)14-9-23-26-16(19(20,21)22)8-15(25-17(14)26)12-5-4-6-13(7-12)29-3/h4-7,9,11,15-16,25H,8,10H2,1-3H3,(H,24,27)/t11-,15-,16+/m1/s1. The zero-order valence-corrected chi connectivity index (χ0v) is 16.3. The van der Waals surface area contributed by atoms with Gasteiger partial charge in [-0.05, 0) is 24.6 Å². The number of nitrogens with one attached hydrogen (secondary N) is 2. The first-order valence-corrected chi connectivity index (χ1v) is 9.09. The molecule has 1 aromatic heterocycles. The van der Waals surface area contributed by atoms with Crippen molar-refractivity contribution in [3.8, 4) is 5.75 Å². The van der Waals surface area contributed by atoms with Crippen molar-refractivity contribution in [3.63, 3.8) is 0 Å². The van der Waals surface area contributed by atoms with Crippen LogP contribution in [-0.2, 0) is 4.74 Å². The molecule has 1 aromatic carbocycles. The lowest BCUT2D eigenvalue weighted by Gasteiger charge is -2.34. The fourth-order valence-electron chi connectivity index (χ4n) is 3.40. The molecule has 1 aliphatic rings. The summed E-state index contributed by atoms with van der Waals surface area (Å²) >= 11 is 0. The van der Waals surface area contributed by atoms with Gasteiger partial charge in [0.15, 0.2) is 6.04 Å². The number of hydrogen-bond donors (Lipinski definition) is 2. The largest absolute Gasteiger partial charge is 0.497 e. The lowest BCUT2D eigenvalue weighted by Crippen LogP contribution is -2.38. The fourth-order valence-corrected chi connectivity index (χ4v) is 3.40. The molecule has 1 aliphatic heterocycles. The van der Waals surface area contributed by atoms with Gasteiger partial charge < -0.3 is 20.1 Å². The van der Waals surface area contributed by atoms with E-state index >= 15 is 0 Å². The van der Waals surface area contributed by atoms with E-state index in [1.54, 1.807) is 31.2 Å². The number of methoxy groups -OCH3 is 2. The maximum Gasteiger partial charge on any atom is 0.410 e. The second-order valence-corrected chi connectivity index (χ2v) is 6.95. The minimum Gasteiger partial charge on any atom is -0.497 e. The summed E-state index contributed by atoms with van der Waals surface area (Å²) in [6, 6.07) is 4.01. The number of benzene rings is 1. The predicted molar refractivity (Wildman–Crippen MR) is 100 cm³/mol. The number of halogens is 3. The van der Waals surface area contributed by atoms with Crippen LogP contribution < -0.4 is 15.4 Å². The normalized spacial score (nSPS) is 19.8. The third-order valence-electron chi connectivity index (χ3n) is 4.77. The molecule has 1 amide bonds. The van der Waals surface area contributed by atoms with Crippen LogP contribution in [0.25, 0.3) is 0 Å². The molecule has 10 heteroatoms. The molecular formula is C19H23F3N4O3. The Hall–Kier alpha value is -2.75. The number of aromatic nitrogens is 2. The molecule has 0 spiro atoms. The van der Waals surface area contributed by atoms with Crippen molar-refractivity contribution in [1.82, 2.24) is 15.1 Å². The van der Waals surface area contributed by atoms with Crippen molar-refractivity contribution < 1.29 is 27.4 Å². The molecule has 2 aromatic rings. The van der Waals surface area contributed by atoms with Gasteiger partial charge in [-0.3, -0.25) is 4.79 Å². The minimum atomic E-state index is -4.52. The first-order chi connectivity index (χ1) is 13.7. The fraction of sp³-hybridized carbons (Fsp3) is 0.474. The summed E-state index contributed by atoms with van der Waals surface area (Å²) in [5.41, 5.74) is 0.681. The second-order valence-electron chi connectivity index (χ2n) is 6.95. The van der Waals surface area contributed by atoms with E-state index in [0.717, 1.165) is 10.9 Å². The molecule has 7 nitrogen and oxygen atoms in total. The zero-order chi connectivity index (χ0) is 21.2. The Labute approximate surface area is 166 Å². The minimum absolute atomic E-state index is 0.0357. The van der Waals surface area contributed by atoms with E-state index in [2.05, 4.69) is 15.7 Å².